The van der Waals surface area contributed by atoms with Crippen molar-refractivity contribution in [1.82, 2.24) is 14.8 Å². The zero-order valence-corrected chi connectivity index (χ0v) is 20.4. The largest absolute Gasteiger partial charge is 0.477 e. The van der Waals surface area contributed by atoms with Gasteiger partial charge in [-0.05, 0) is 50.3 Å². The second-order valence-electron chi connectivity index (χ2n) is 8.92. The van der Waals surface area contributed by atoms with Crippen LogP contribution in [-0.2, 0) is 22.6 Å². The molecule has 0 saturated carbocycles. The number of rotatable bonds is 7. The number of nitrogens with zero attached hydrogens (tertiary/aromatic N) is 3. The fourth-order valence-electron chi connectivity index (χ4n) is 4.89. The van der Waals surface area contributed by atoms with Crippen molar-refractivity contribution in [3.63, 3.8) is 0 Å². The van der Waals surface area contributed by atoms with Gasteiger partial charge in [0, 0.05) is 37.1 Å². The number of aryl methyl sites for hydroxylation is 2. The van der Waals surface area contributed by atoms with E-state index in [1.165, 1.54) is 5.56 Å². The number of carboxylic acids is 1. The third kappa shape index (κ3) is 5.28. The fraction of sp³-hybridized carbons (Fsp3) is 0.500. The van der Waals surface area contributed by atoms with Gasteiger partial charge in [0.1, 0.15) is 9.88 Å². The summed E-state index contributed by atoms with van der Waals surface area (Å²) in [7, 11) is 0. The van der Waals surface area contributed by atoms with E-state index in [0.717, 1.165) is 54.4 Å². The molecule has 1 aromatic heterocycles. The minimum atomic E-state index is -1.03. The molecule has 1 aromatic carbocycles. The number of aromatic nitrogens is 1. The van der Waals surface area contributed by atoms with Gasteiger partial charge in [-0.2, -0.15) is 0 Å². The number of aromatic carboxylic acids is 1. The first-order chi connectivity index (χ1) is 15.7. The molecule has 0 bridgehead atoms. The monoisotopic (exact) mass is 489 g/mol. The fourth-order valence-corrected chi connectivity index (χ4v) is 5.92. The van der Waals surface area contributed by atoms with E-state index in [0.29, 0.717) is 23.5 Å². The summed E-state index contributed by atoms with van der Waals surface area (Å²) in [6, 6.07) is 5.72. The number of carboxylic acid groups (broad SMARTS) is 1. The first-order valence-corrected chi connectivity index (χ1v) is 12.4. The number of halogens is 1. The second kappa shape index (κ2) is 9.91. The van der Waals surface area contributed by atoms with Crippen LogP contribution in [0.25, 0.3) is 0 Å². The molecule has 4 rings (SSSR count). The van der Waals surface area contributed by atoms with Crippen LogP contribution in [-0.4, -0.2) is 62.7 Å². The van der Waals surface area contributed by atoms with E-state index >= 15 is 0 Å². The van der Waals surface area contributed by atoms with E-state index < -0.39 is 12.0 Å². The van der Waals surface area contributed by atoms with Crippen molar-refractivity contribution >= 4 is 40.6 Å². The molecule has 33 heavy (non-hydrogen) atoms. The number of likely N-dealkylation sites (tertiary alicyclic amines) is 2. The normalized spacial score (nSPS) is 19.9. The summed E-state index contributed by atoms with van der Waals surface area (Å²) in [5, 5.41) is 10.5. The highest BCUT2D eigenvalue weighted by atomic mass is 35.5. The Labute approximate surface area is 202 Å². The van der Waals surface area contributed by atoms with Gasteiger partial charge < -0.3 is 10.0 Å². The third-order valence-electron chi connectivity index (χ3n) is 6.57. The van der Waals surface area contributed by atoms with E-state index in [1.54, 1.807) is 6.92 Å². The number of ketones is 1. The van der Waals surface area contributed by atoms with Crippen LogP contribution in [0.2, 0.25) is 5.02 Å². The molecule has 2 aliphatic rings. The Morgan fingerprint density at radius 3 is 2.58 bits per heavy atom. The van der Waals surface area contributed by atoms with Crippen LogP contribution in [0, 0.1) is 13.8 Å². The summed E-state index contributed by atoms with van der Waals surface area (Å²) in [4.78, 5) is 45.6. The van der Waals surface area contributed by atoms with Gasteiger partial charge in [-0.1, -0.05) is 23.7 Å². The van der Waals surface area contributed by atoms with Gasteiger partial charge >= 0.3 is 5.97 Å². The molecular formula is C24H28ClN3O4S. The lowest BCUT2D eigenvalue weighted by Crippen LogP contribution is -2.50. The molecule has 3 heterocycles. The maximum absolute atomic E-state index is 13.1. The number of hydrogen-bond acceptors (Lipinski definition) is 6. The smallest absolute Gasteiger partial charge is 0.347 e. The molecule has 1 atom stereocenters. The van der Waals surface area contributed by atoms with Crippen molar-refractivity contribution in [2.24, 2.45) is 0 Å². The molecule has 2 fully saturated rings. The van der Waals surface area contributed by atoms with Crippen LogP contribution >= 0.6 is 22.9 Å². The van der Waals surface area contributed by atoms with Crippen LogP contribution in [0.3, 0.4) is 0 Å². The van der Waals surface area contributed by atoms with Gasteiger partial charge in [-0.3, -0.25) is 14.5 Å². The van der Waals surface area contributed by atoms with E-state index in [4.69, 9.17) is 11.6 Å². The lowest BCUT2D eigenvalue weighted by atomic mass is 9.99. The van der Waals surface area contributed by atoms with Crippen molar-refractivity contribution in [2.75, 3.05) is 13.1 Å². The molecule has 1 amide bonds. The van der Waals surface area contributed by atoms with Gasteiger partial charge in [-0.15, -0.1) is 11.3 Å². The van der Waals surface area contributed by atoms with Gasteiger partial charge in [0.2, 0.25) is 5.91 Å². The lowest BCUT2D eigenvalue weighted by Gasteiger charge is -2.39. The second-order valence-corrected chi connectivity index (χ2v) is 10.4. The minimum absolute atomic E-state index is 0.0432. The average molecular weight is 490 g/mol. The number of piperidine rings is 1. The molecule has 9 heteroatoms. The predicted molar refractivity (Wildman–Crippen MR) is 127 cm³/mol. The Kier molecular flexibility index (Phi) is 7.16. The highest BCUT2D eigenvalue weighted by Gasteiger charge is 2.41. The first kappa shape index (κ1) is 23.9. The summed E-state index contributed by atoms with van der Waals surface area (Å²) in [5.74, 6) is -1.03. The quantitative estimate of drug-likeness (QED) is 0.634. The maximum atomic E-state index is 13.1. The summed E-state index contributed by atoms with van der Waals surface area (Å²) < 4.78 is 0. The Balaban J connectivity index is 1.37. The number of Topliss-reactive ketones (excluding diaryl/α,β-unsaturated/α-hetero) is 1. The lowest BCUT2D eigenvalue weighted by molar-refractivity contribution is -0.137. The zero-order valence-electron chi connectivity index (χ0n) is 18.8. The standard InChI is InChI=1S/C24H28ClN3O4S/c1-14-11-16(3-4-18(14)25)13-27-9-7-17(8-10-27)28-19(5-6-22(28)30)20(29)12-21-26-15(2)23(33-21)24(31)32/h3-4,11,17,19H,5-10,12-13H2,1-2H3,(H,31,32)/t19-/m1/s1. The molecule has 0 radical (unpaired) electrons. The SMILES string of the molecule is Cc1cc(CN2CCC(N3C(=O)CC[C@@H]3C(=O)Cc3nc(C)c(C(=O)O)s3)CC2)ccc1Cl. The van der Waals surface area contributed by atoms with Gasteiger partial charge in [0.25, 0.3) is 0 Å². The molecule has 176 valence electrons. The van der Waals surface area contributed by atoms with Crippen molar-refractivity contribution in [2.45, 2.75) is 64.6 Å². The zero-order chi connectivity index (χ0) is 23.7. The summed E-state index contributed by atoms with van der Waals surface area (Å²) in [6.07, 6.45) is 2.65. The predicted octanol–water partition coefficient (Wildman–Crippen LogP) is 3.88. The molecule has 1 N–H and O–H groups in total. The Morgan fingerprint density at radius 2 is 1.94 bits per heavy atom. The van der Waals surface area contributed by atoms with E-state index in [9.17, 15) is 19.5 Å². The Morgan fingerprint density at radius 1 is 1.21 bits per heavy atom. The first-order valence-electron chi connectivity index (χ1n) is 11.2. The van der Waals surface area contributed by atoms with Crippen molar-refractivity contribution in [3.05, 3.63) is 49.9 Å². The van der Waals surface area contributed by atoms with E-state index in [-0.39, 0.29) is 29.0 Å². The summed E-state index contributed by atoms with van der Waals surface area (Å²) in [6.45, 7) is 6.22. The van der Waals surface area contributed by atoms with Crippen molar-refractivity contribution in [1.29, 1.82) is 0 Å². The summed E-state index contributed by atoms with van der Waals surface area (Å²) >= 11 is 7.18. The Bertz CT molecular complexity index is 1080. The van der Waals surface area contributed by atoms with Gasteiger partial charge in [0.05, 0.1) is 18.2 Å². The number of benzene rings is 1. The molecule has 7 nitrogen and oxygen atoms in total. The van der Waals surface area contributed by atoms with Gasteiger partial charge in [-0.25, -0.2) is 9.78 Å². The van der Waals surface area contributed by atoms with Crippen molar-refractivity contribution in [3.8, 4) is 0 Å². The average Bonchev–Trinajstić information content (AvgIpc) is 3.33. The molecular weight excluding hydrogens is 462 g/mol. The molecule has 0 unspecified atom stereocenters. The number of hydrogen-bond donors (Lipinski definition) is 1. The topological polar surface area (TPSA) is 90.8 Å². The number of carbonyl (C=O) groups is 3. The van der Waals surface area contributed by atoms with Crippen LogP contribution < -0.4 is 0 Å². The van der Waals surface area contributed by atoms with Gasteiger partial charge in [0.15, 0.2) is 5.78 Å². The van der Waals surface area contributed by atoms with E-state index in [1.807, 2.05) is 17.9 Å². The molecule has 2 aliphatic heterocycles. The van der Waals surface area contributed by atoms with Crippen LogP contribution in [0.1, 0.15) is 57.2 Å². The molecule has 0 spiro atoms. The highest BCUT2D eigenvalue weighted by molar-refractivity contribution is 7.13. The van der Waals surface area contributed by atoms with Crippen LogP contribution in [0.4, 0.5) is 0 Å². The van der Waals surface area contributed by atoms with E-state index in [2.05, 4.69) is 22.0 Å². The third-order valence-corrected chi connectivity index (χ3v) is 8.14. The number of amides is 1. The minimum Gasteiger partial charge on any atom is -0.477 e. The highest BCUT2D eigenvalue weighted by Crippen LogP contribution is 2.30. The Hall–Kier alpha value is -2.29. The summed E-state index contributed by atoms with van der Waals surface area (Å²) in [5.41, 5.74) is 2.72. The number of thiazole rings is 1. The van der Waals surface area contributed by atoms with Crippen LogP contribution in [0.5, 0.6) is 0 Å². The molecule has 2 saturated heterocycles. The maximum Gasteiger partial charge on any atom is 0.347 e. The molecule has 2 aromatic rings. The van der Waals surface area contributed by atoms with Crippen molar-refractivity contribution < 1.29 is 19.5 Å². The van der Waals surface area contributed by atoms with Crippen LogP contribution in [0.15, 0.2) is 18.2 Å². The molecule has 0 aliphatic carbocycles. The number of carbonyl (C=O) groups excluding carboxylic acids is 2.